The molecule has 7 heteroatoms. The molecule has 1 fully saturated rings. The van der Waals surface area contributed by atoms with Crippen LogP contribution in [-0.4, -0.2) is 43.4 Å². The van der Waals surface area contributed by atoms with E-state index in [1.54, 1.807) is 31.2 Å². The molecule has 26 heavy (non-hydrogen) atoms. The lowest BCUT2D eigenvalue weighted by molar-refractivity contribution is 0.0930. The van der Waals surface area contributed by atoms with Crippen LogP contribution in [-0.2, 0) is 14.8 Å². The van der Waals surface area contributed by atoms with Gasteiger partial charge in [-0.3, -0.25) is 4.90 Å². The van der Waals surface area contributed by atoms with Crippen LogP contribution in [0.2, 0.25) is 0 Å². The highest BCUT2D eigenvalue weighted by molar-refractivity contribution is 7.89. The molecule has 3 rings (SSSR count). The van der Waals surface area contributed by atoms with Gasteiger partial charge in [-0.15, -0.1) is 0 Å². The van der Waals surface area contributed by atoms with Crippen LogP contribution in [0.25, 0.3) is 0 Å². The molecule has 0 saturated carbocycles. The Balaban J connectivity index is 2.02. The first-order chi connectivity index (χ1) is 12.4. The summed E-state index contributed by atoms with van der Waals surface area (Å²) in [6.07, 6.45) is -1.23. The number of hydrogen-bond donors (Lipinski definition) is 0. The Kier molecular flexibility index (Phi) is 5.29. The highest BCUT2D eigenvalue weighted by Crippen LogP contribution is 2.35. The molecule has 0 N–H and O–H groups in total. The minimum absolute atomic E-state index is 0.217. The lowest BCUT2D eigenvalue weighted by Gasteiger charge is -2.29. The molecule has 2 aromatic carbocycles. The third kappa shape index (κ3) is 3.45. The van der Waals surface area contributed by atoms with Gasteiger partial charge in [0.25, 0.3) is 0 Å². The zero-order valence-corrected chi connectivity index (χ0v) is 15.6. The average Bonchev–Trinajstić information content (AvgIpc) is 3.09. The molecule has 1 aliphatic heterocycles. The first-order valence-electron chi connectivity index (χ1n) is 8.52. The summed E-state index contributed by atoms with van der Waals surface area (Å²) in [6, 6.07) is 15.9. The van der Waals surface area contributed by atoms with Crippen molar-refractivity contribution in [1.82, 2.24) is 9.21 Å². The summed E-state index contributed by atoms with van der Waals surface area (Å²) < 4.78 is 32.9. The Morgan fingerprint density at radius 3 is 2.35 bits per heavy atom. The van der Waals surface area contributed by atoms with E-state index in [1.165, 1.54) is 9.21 Å². The number of aryl methyl sites for hydroxylation is 1. The minimum Gasteiger partial charge on any atom is -0.450 e. The van der Waals surface area contributed by atoms with Crippen LogP contribution in [0, 0.1) is 6.92 Å². The van der Waals surface area contributed by atoms with E-state index in [9.17, 15) is 13.2 Å². The lowest BCUT2D eigenvalue weighted by atomic mass is 10.2. The third-order valence-corrected chi connectivity index (χ3v) is 6.22. The fourth-order valence-electron chi connectivity index (χ4n) is 3.07. The molecule has 138 valence electrons. The van der Waals surface area contributed by atoms with Gasteiger partial charge in [-0.2, -0.15) is 4.31 Å². The van der Waals surface area contributed by atoms with Crippen molar-refractivity contribution in [3.63, 3.8) is 0 Å². The predicted molar refractivity (Wildman–Crippen MR) is 98.0 cm³/mol. The molecule has 6 nitrogen and oxygen atoms in total. The average molecular weight is 374 g/mol. The molecule has 0 bridgehead atoms. The number of ether oxygens (including phenoxy) is 1. The minimum atomic E-state index is -3.75. The largest absolute Gasteiger partial charge is 0.450 e. The van der Waals surface area contributed by atoms with Crippen molar-refractivity contribution < 1.29 is 17.9 Å². The standard InChI is InChI=1S/C19H22N2O4S/c1-3-25-19(22)20-13-14-21(18(20)16-7-5-4-6-8-16)26(23,24)17-11-9-15(2)10-12-17/h4-12,18H,3,13-14H2,1-2H3/t18-/m0/s1. The summed E-state index contributed by atoms with van der Waals surface area (Å²) in [5.41, 5.74) is 1.71. The van der Waals surface area contributed by atoms with Crippen molar-refractivity contribution in [2.45, 2.75) is 24.9 Å². The van der Waals surface area contributed by atoms with Crippen molar-refractivity contribution in [3.05, 3.63) is 65.7 Å². The molecule has 0 radical (unpaired) electrons. The molecule has 1 atom stereocenters. The van der Waals surface area contributed by atoms with Gasteiger partial charge in [0.05, 0.1) is 11.5 Å². The van der Waals surface area contributed by atoms with E-state index in [1.807, 2.05) is 37.3 Å². The number of sulfonamides is 1. The van der Waals surface area contributed by atoms with Gasteiger partial charge in [0.15, 0.2) is 0 Å². The summed E-state index contributed by atoms with van der Waals surface area (Å²) in [7, 11) is -3.75. The van der Waals surface area contributed by atoms with E-state index in [0.29, 0.717) is 0 Å². The summed E-state index contributed by atoms with van der Waals surface area (Å²) in [6.45, 7) is 4.37. The second-order valence-electron chi connectivity index (χ2n) is 6.11. The van der Waals surface area contributed by atoms with Crippen LogP contribution >= 0.6 is 0 Å². The Labute approximate surface area is 154 Å². The number of amides is 1. The smallest absolute Gasteiger partial charge is 0.411 e. The van der Waals surface area contributed by atoms with Gasteiger partial charge >= 0.3 is 6.09 Å². The van der Waals surface area contributed by atoms with E-state index in [2.05, 4.69) is 0 Å². The van der Waals surface area contributed by atoms with E-state index in [0.717, 1.165) is 11.1 Å². The van der Waals surface area contributed by atoms with Crippen molar-refractivity contribution in [2.75, 3.05) is 19.7 Å². The molecule has 2 aromatic rings. The highest BCUT2D eigenvalue weighted by atomic mass is 32.2. The van der Waals surface area contributed by atoms with Crippen LogP contribution in [0.1, 0.15) is 24.2 Å². The van der Waals surface area contributed by atoms with Crippen LogP contribution in [0.5, 0.6) is 0 Å². The van der Waals surface area contributed by atoms with Crippen LogP contribution in [0.3, 0.4) is 0 Å². The van der Waals surface area contributed by atoms with Crippen LogP contribution in [0.4, 0.5) is 4.79 Å². The number of hydrogen-bond acceptors (Lipinski definition) is 4. The molecular weight excluding hydrogens is 352 g/mol. The quantitative estimate of drug-likeness (QED) is 0.824. The maximum atomic E-state index is 13.2. The van der Waals surface area contributed by atoms with Gasteiger partial charge in [0.2, 0.25) is 10.0 Å². The molecule has 0 aliphatic carbocycles. The van der Waals surface area contributed by atoms with Gasteiger partial charge in [0, 0.05) is 13.1 Å². The number of carbonyl (C=O) groups is 1. The maximum absolute atomic E-state index is 13.2. The first kappa shape index (κ1) is 18.4. The van der Waals surface area contributed by atoms with Crippen molar-refractivity contribution >= 4 is 16.1 Å². The van der Waals surface area contributed by atoms with E-state index >= 15 is 0 Å². The zero-order chi connectivity index (χ0) is 18.7. The monoisotopic (exact) mass is 374 g/mol. The molecule has 0 aromatic heterocycles. The van der Waals surface area contributed by atoms with Crippen molar-refractivity contribution in [3.8, 4) is 0 Å². The molecule has 0 unspecified atom stereocenters. The van der Waals surface area contributed by atoms with Gasteiger partial charge in [-0.1, -0.05) is 48.0 Å². The Morgan fingerprint density at radius 1 is 1.08 bits per heavy atom. The predicted octanol–water partition coefficient (Wildman–Crippen LogP) is 3.16. The third-order valence-electron chi connectivity index (χ3n) is 4.36. The molecule has 0 spiro atoms. The van der Waals surface area contributed by atoms with Crippen molar-refractivity contribution in [1.29, 1.82) is 0 Å². The van der Waals surface area contributed by atoms with Gasteiger partial charge < -0.3 is 4.74 Å². The molecule has 1 saturated heterocycles. The zero-order valence-electron chi connectivity index (χ0n) is 14.8. The molecule has 1 amide bonds. The van der Waals surface area contributed by atoms with Gasteiger partial charge in [-0.25, -0.2) is 13.2 Å². The number of carbonyl (C=O) groups excluding carboxylic acids is 1. The van der Waals surface area contributed by atoms with Crippen molar-refractivity contribution in [2.24, 2.45) is 0 Å². The van der Waals surface area contributed by atoms with Crippen LogP contribution < -0.4 is 0 Å². The lowest BCUT2D eigenvalue weighted by Crippen LogP contribution is -2.38. The van der Waals surface area contributed by atoms with Crippen LogP contribution in [0.15, 0.2) is 59.5 Å². The van der Waals surface area contributed by atoms with Gasteiger partial charge in [-0.05, 0) is 31.5 Å². The summed E-state index contributed by atoms with van der Waals surface area (Å²) >= 11 is 0. The topological polar surface area (TPSA) is 66.9 Å². The summed E-state index contributed by atoms with van der Waals surface area (Å²) in [5, 5.41) is 0. The normalized spacial score (nSPS) is 18.1. The molecule has 1 heterocycles. The van der Waals surface area contributed by atoms with E-state index < -0.39 is 22.3 Å². The second-order valence-corrected chi connectivity index (χ2v) is 8.00. The summed E-state index contributed by atoms with van der Waals surface area (Å²) in [4.78, 5) is 14.0. The maximum Gasteiger partial charge on any atom is 0.411 e. The number of benzene rings is 2. The Hall–Kier alpha value is -2.38. The second kappa shape index (κ2) is 7.47. The Bertz CT molecular complexity index is 866. The SMILES string of the molecule is CCOC(=O)N1CCN(S(=O)(=O)c2ccc(C)cc2)[C@H]1c1ccccc1. The summed E-state index contributed by atoms with van der Waals surface area (Å²) in [5.74, 6) is 0. The molecule has 1 aliphatic rings. The fourth-order valence-corrected chi connectivity index (χ4v) is 4.64. The highest BCUT2D eigenvalue weighted by Gasteiger charge is 2.43. The fraction of sp³-hybridized carbons (Fsp3) is 0.316. The van der Waals surface area contributed by atoms with Gasteiger partial charge in [0.1, 0.15) is 6.17 Å². The number of nitrogens with zero attached hydrogens (tertiary/aromatic N) is 2. The van der Waals surface area contributed by atoms with E-state index in [4.69, 9.17) is 4.74 Å². The Morgan fingerprint density at radius 2 is 1.73 bits per heavy atom. The van der Waals surface area contributed by atoms with E-state index in [-0.39, 0.29) is 24.6 Å². The first-order valence-corrected chi connectivity index (χ1v) is 9.96. The number of rotatable bonds is 4. The molecular formula is C19H22N2O4S.